The molecular weight excluding hydrogens is 183 g/mol. The third kappa shape index (κ3) is 5.57. The highest BCUT2D eigenvalue weighted by molar-refractivity contribution is 9.19. The lowest BCUT2D eigenvalue weighted by molar-refractivity contribution is 2.54. The van der Waals surface area contributed by atoms with Gasteiger partial charge in [-0.25, -0.2) is 0 Å². The Hall–Kier alpha value is 1.57. The second kappa shape index (κ2) is 2.78. The van der Waals surface area contributed by atoms with Gasteiger partial charge in [-0.05, 0) is 38.3 Å². The van der Waals surface area contributed by atoms with Crippen LogP contribution in [-0.4, -0.2) is 6.26 Å². The molecule has 0 fully saturated rings. The summed E-state index contributed by atoms with van der Waals surface area (Å²) in [4.78, 5) is 0. The largest absolute Gasteiger partial charge is 0.0736 e. The maximum absolute atomic E-state index is 5.29. The van der Waals surface area contributed by atoms with Crippen molar-refractivity contribution in [2.24, 2.45) is 0 Å². The molecule has 0 saturated carbocycles. The molecule has 0 aliphatic rings. The van der Waals surface area contributed by atoms with E-state index in [1.807, 2.05) is 0 Å². The van der Waals surface area contributed by atoms with E-state index in [-0.39, 0.29) is 0 Å². The van der Waals surface area contributed by atoms with E-state index in [4.69, 9.17) is 32.0 Å². The normalized spacial score (nSPS) is 14.7. The minimum absolute atomic E-state index is 1.26. The van der Waals surface area contributed by atoms with Crippen molar-refractivity contribution in [2.75, 3.05) is 6.26 Å². The third-order valence-electron chi connectivity index (χ3n) is 0.189. The van der Waals surface area contributed by atoms with Crippen LogP contribution in [-0.2, 0) is 0 Å². The second-order valence-corrected chi connectivity index (χ2v) is 11.3. The van der Waals surface area contributed by atoms with Crippen molar-refractivity contribution in [3.8, 4) is 0 Å². The van der Waals surface area contributed by atoms with Crippen LogP contribution >= 0.6 is 49.5 Å². The highest BCUT2D eigenvalue weighted by Crippen LogP contribution is 2.71. The topological polar surface area (TPSA) is 0 Å². The van der Waals surface area contributed by atoms with Gasteiger partial charge in [0.25, 0.3) is 0 Å². The van der Waals surface area contributed by atoms with Gasteiger partial charge in [0.05, 0.1) is 0 Å². The van der Waals surface area contributed by atoms with Gasteiger partial charge < -0.3 is 0 Å². The Morgan fingerprint density at radius 3 is 1.50 bits per heavy atom. The molecule has 0 nitrogen and oxygen atoms in total. The van der Waals surface area contributed by atoms with Gasteiger partial charge in [0, 0.05) is 6.70 Å². The first-order valence-corrected chi connectivity index (χ1v) is 6.89. The van der Waals surface area contributed by atoms with Gasteiger partial charge in [0.2, 0.25) is 0 Å². The van der Waals surface area contributed by atoms with Gasteiger partial charge in [-0.2, -0.15) is 0 Å². The predicted molar refractivity (Wildman–Crippen MR) is 38.7 cm³/mol. The Labute approximate surface area is 55.7 Å². The Morgan fingerprint density at radius 1 is 1.33 bits per heavy atom. The summed E-state index contributed by atoms with van der Waals surface area (Å²) in [5.74, 6) is 0. The molecule has 0 spiro atoms. The Morgan fingerprint density at radius 2 is 1.50 bits per heavy atom. The molecule has 0 bridgehead atoms. The minimum Gasteiger partial charge on any atom is -0.0736 e. The third-order valence-corrected chi connectivity index (χ3v) is 5.10. The summed E-state index contributed by atoms with van der Waals surface area (Å²) in [6.07, 6.45) is 1.77. The Balaban J connectivity index is 3.17. The molecule has 40 valence electrons. The average molecular weight is 186 g/mol. The van der Waals surface area contributed by atoms with Crippen LogP contribution in [0.5, 0.6) is 0 Å². The molecule has 5 heteroatoms. The highest BCUT2D eigenvalue weighted by atomic mass is 36.2. The minimum atomic E-state index is -1.83. The van der Waals surface area contributed by atoms with E-state index in [2.05, 4.69) is 0 Å². The zero-order chi connectivity index (χ0) is 5.21. The molecule has 0 amide bonds. The summed E-state index contributed by atoms with van der Waals surface area (Å²) < 4.78 is 0. The van der Waals surface area contributed by atoms with E-state index in [1.165, 1.54) is 10.8 Å². The zero-order valence-electron chi connectivity index (χ0n) is 2.95. The smallest absolute Gasteiger partial charge is 0.0459 e. The molecule has 0 rings (SSSR count). The van der Waals surface area contributed by atoms with E-state index in [0.717, 1.165) is 0 Å². The second-order valence-electron chi connectivity index (χ2n) is 0.531. The molecule has 0 saturated heterocycles. The number of rotatable bonds is 1. The van der Waals surface area contributed by atoms with E-state index < -0.39 is 6.70 Å². The van der Waals surface area contributed by atoms with Crippen molar-refractivity contribution in [1.29, 1.82) is 0 Å². The fourth-order valence-corrected chi connectivity index (χ4v) is 0. The quantitative estimate of drug-likeness (QED) is 0.563. The summed E-state index contributed by atoms with van der Waals surface area (Å²) >= 11 is 0. The molecule has 0 aliphatic carbocycles. The first-order valence-electron chi connectivity index (χ1n) is 1.04. The van der Waals surface area contributed by atoms with Crippen LogP contribution in [0.2, 0.25) is 0 Å². The van der Waals surface area contributed by atoms with Crippen molar-refractivity contribution >= 4 is 49.5 Å². The van der Waals surface area contributed by atoms with Crippen LogP contribution < -0.4 is 0 Å². The average Bonchev–Trinajstić information content (AvgIpc) is 1.35. The van der Waals surface area contributed by atoms with Crippen molar-refractivity contribution in [2.45, 2.75) is 0 Å². The van der Waals surface area contributed by atoms with E-state index in [1.54, 1.807) is 6.26 Å². The molecule has 0 aromatic carbocycles. The van der Waals surface area contributed by atoms with Gasteiger partial charge in [0.1, 0.15) is 0 Å². The summed E-state index contributed by atoms with van der Waals surface area (Å²) in [7, 11) is 17.1. The van der Waals surface area contributed by atoms with Crippen molar-refractivity contribution in [3.63, 3.8) is 0 Å². The first-order chi connectivity index (χ1) is 2.56. The predicted octanol–water partition coefficient (Wildman–Crippen LogP) is 3.53. The van der Waals surface area contributed by atoms with Crippen molar-refractivity contribution in [3.05, 3.63) is 0 Å². The van der Waals surface area contributed by atoms with Crippen molar-refractivity contribution in [1.82, 2.24) is 0 Å². The monoisotopic (exact) mass is 184 g/mol. The van der Waals surface area contributed by atoms with E-state index in [0.29, 0.717) is 0 Å². The van der Waals surface area contributed by atoms with Gasteiger partial charge in [-0.15, -0.1) is 0 Å². The summed E-state index contributed by atoms with van der Waals surface area (Å²) in [6.45, 7) is -1.83. The first kappa shape index (κ1) is 7.57. The molecule has 0 unspecified atom stereocenters. The molecule has 0 N–H and O–H groups in total. The number of halogens is 3. The highest BCUT2D eigenvalue weighted by Gasteiger charge is 2.08. The molecule has 0 heterocycles. The number of hydrogen-bond acceptors (Lipinski definition) is 1. The number of hydrogen-bond donors (Lipinski definition) is 0. The lowest BCUT2D eigenvalue weighted by Gasteiger charge is -2.07. The molecule has 0 aliphatic heterocycles. The fraction of sp³-hybridized carbons (Fsp3) is 1.00. The maximum atomic E-state index is 5.29. The standard InChI is InChI=1S/CH3Cl3S2/c1-5-6(2,3)4/h1H3. The van der Waals surface area contributed by atoms with Crippen LogP contribution in [0, 0.1) is 0 Å². The summed E-state index contributed by atoms with van der Waals surface area (Å²) in [5, 5.41) is 0. The fourth-order valence-electron chi connectivity index (χ4n) is 0. The maximum Gasteiger partial charge on any atom is 0.0459 e. The van der Waals surface area contributed by atoms with Gasteiger partial charge in [-0.1, -0.05) is 10.8 Å². The van der Waals surface area contributed by atoms with Gasteiger partial charge >= 0.3 is 0 Å². The van der Waals surface area contributed by atoms with Crippen LogP contribution in [0.25, 0.3) is 0 Å². The van der Waals surface area contributed by atoms with E-state index in [9.17, 15) is 0 Å². The molecule has 6 heavy (non-hydrogen) atoms. The van der Waals surface area contributed by atoms with E-state index >= 15 is 0 Å². The molecule has 0 radical (unpaired) electrons. The molecule has 0 atom stereocenters. The lowest BCUT2D eigenvalue weighted by atomic mass is 12.0. The van der Waals surface area contributed by atoms with Crippen LogP contribution in [0.1, 0.15) is 0 Å². The molecule has 0 aromatic heterocycles. The Bertz CT molecular complexity index is 38.5. The van der Waals surface area contributed by atoms with Crippen LogP contribution in [0.3, 0.4) is 0 Å². The molecule has 0 aromatic rings. The zero-order valence-corrected chi connectivity index (χ0v) is 6.85. The molecular formula is CH3Cl3S2. The van der Waals surface area contributed by atoms with Crippen molar-refractivity contribution < 1.29 is 0 Å². The Kier molecular flexibility index (Phi) is 3.50. The van der Waals surface area contributed by atoms with Crippen LogP contribution in [0.4, 0.5) is 0 Å². The van der Waals surface area contributed by atoms with Gasteiger partial charge in [-0.3, -0.25) is 0 Å². The van der Waals surface area contributed by atoms with Gasteiger partial charge in [0.15, 0.2) is 0 Å². The SMILES string of the molecule is CSS(Cl)(Cl)Cl. The van der Waals surface area contributed by atoms with Crippen LogP contribution in [0.15, 0.2) is 0 Å². The summed E-state index contributed by atoms with van der Waals surface area (Å²) in [5.41, 5.74) is 0. The summed E-state index contributed by atoms with van der Waals surface area (Å²) in [6, 6.07) is 0. The lowest BCUT2D eigenvalue weighted by Crippen LogP contribution is -1.48.